The predicted octanol–water partition coefficient (Wildman–Crippen LogP) is 14.7. The quantitative estimate of drug-likeness (QED) is 0.0357. The molecule has 0 radical (unpaired) electrons. The van der Waals surface area contributed by atoms with Crippen molar-refractivity contribution in [3.63, 3.8) is 0 Å². The Balaban J connectivity index is 0.000000375. The summed E-state index contributed by atoms with van der Waals surface area (Å²) >= 11 is 0. The minimum Gasteiger partial charge on any atom is -0.784 e. The lowest BCUT2D eigenvalue weighted by atomic mass is 9.81. The van der Waals surface area contributed by atoms with Crippen LogP contribution in [0.2, 0.25) is 0 Å². The number of carbonyl (C=O) groups excluding carboxylic acids is 2. The summed E-state index contributed by atoms with van der Waals surface area (Å²) in [5.74, 6) is -0.923. The largest absolute Gasteiger partial charge is 0.784 e. The molecule has 0 amide bonds. The Morgan fingerprint density at radius 2 is 1.07 bits per heavy atom. The van der Waals surface area contributed by atoms with E-state index in [0.717, 1.165) is 49.7 Å². The SMILES string of the molecule is C=Cc1ccccc1.CC(C#N)(CCOC=O)N=NC(C)(C#N)CCC(=O)O.CC(C#N)(CCOC=O)NC(CC(CC(ON1C(C)(C)CCCC1(C)C)c1ccccc1)c1ccccc1)c1ccccc1.CC1(C)CCCC(C)(C)N1[O-]. The van der Waals surface area contributed by atoms with Crippen LogP contribution in [0.5, 0.6) is 0 Å². The molecule has 4 aromatic carbocycles. The van der Waals surface area contributed by atoms with Crippen LogP contribution in [0.15, 0.2) is 138 Å². The van der Waals surface area contributed by atoms with E-state index in [0.29, 0.717) is 12.9 Å². The van der Waals surface area contributed by atoms with E-state index in [1.807, 2.05) is 101 Å². The molecule has 6 unspecified atom stereocenters. The maximum absolute atomic E-state index is 11.7. The molecule has 2 N–H and O–H groups in total. The Morgan fingerprint density at radius 1 is 0.651 bits per heavy atom. The molecule has 0 aliphatic carbocycles. The fraction of sp³-hybridized carbons (Fsp3) is 0.522. The van der Waals surface area contributed by atoms with E-state index in [1.165, 1.54) is 42.9 Å². The number of nitrogens with zero attached hydrogens (tertiary/aromatic N) is 7. The van der Waals surface area contributed by atoms with Gasteiger partial charge in [0.1, 0.15) is 11.6 Å². The zero-order valence-electron chi connectivity index (χ0n) is 51.1. The number of aliphatic carboxylic acids is 1. The van der Waals surface area contributed by atoms with Crippen LogP contribution >= 0.6 is 0 Å². The molecule has 4 aromatic rings. The van der Waals surface area contributed by atoms with E-state index >= 15 is 0 Å². The molecular formula is C67H91N8O8-. The first-order valence-corrected chi connectivity index (χ1v) is 28.7. The first-order valence-electron chi connectivity index (χ1n) is 28.7. The highest BCUT2D eigenvalue weighted by molar-refractivity contribution is 5.66. The van der Waals surface area contributed by atoms with E-state index in [2.05, 4.69) is 138 Å². The van der Waals surface area contributed by atoms with Crippen LogP contribution in [-0.4, -0.2) is 86.1 Å². The Bertz CT molecular complexity index is 2710. The van der Waals surface area contributed by atoms with Crippen molar-refractivity contribution in [3.05, 3.63) is 155 Å². The Hall–Kier alpha value is -7.10. The second kappa shape index (κ2) is 33.3. The molecule has 16 heteroatoms. The van der Waals surface area contributed by atoms with Gasteiger partial charge in [0.2, 0.25) is 0 Å². The summed E-state index contributed by atoms with van der Waals surface area (Å²) in [5.41, 5.74) is 0.765. The van der Waals surface area contributed by atoms with Gasteiger partial charge in [-0.1, -0.05) is 134 Å². The minimum absolute atomic E-state index is 0.00493. The van der Waals surface area contributed by atoms with Gasteiger partial charge in [-0.25, -0.2) is 0 Å². The number of benzene rings is 4. The maximum Gasteiger partial charge on any atom is 0.303 e. The molecule has 2 fully saturated rings. The van der Waals surface area contributed by atoms with E-state index in [4.69, 9.17) is 25.2 Å². The summed E-state index contributed by atoms with van der Waals surface area (Å²) in [5, 5.41) is 63.4. The number of hydroxylamine groups is 4. The third-order valence-corrected chi connectivity index (χ3v) is 15.4. The Labute approximate surface area is 495 Å². The summed E-state index contributed by atoms with van der Waals surface area (Å²) in [6, 6.07) is 47.7. The third kappa shape index (κ3) is 23.6. The summed E-state index contributed by atoms with van der Waals surface area (Å²) in [6.07, 6.45) is 10.1. The number of carbonyl (C=O) groups is 3. The number of azo groups is 1. The van der Waals surface area contributed by atoms with Gasteiger partial charge in [-0.2, -0.15) is 31.1 Å². The van der Waals surface area contributed by atoms with Crippen LogP contribution in [0.3, 0.4) is 0 Å². The normalized spacial score (nSPS) is 19.1. The Morgan fingerprint density at radius 3 is 1.48 bits per heavy atom. The molecule has 16 nitrogen and oxygen atoms in total. The van der Waals surface area contributed by atoms with Crippen LogP contribution in [0, 0.1) is 39.2 Å². The fourth-order valence-electron chi connectivity index (χ4n) is 10.5. The summed E-state index contributed by atoms with van der Waals surface area (Å²) < 4.78 is 9.48. The fourth-order valence-corrected chi connectivity index (χ4v) is 10.5. The van der Waals surface area contributed by atoms with Gasteiger partial charge in [0.05, 0.1) is 31.4 Å². The van der Waals surface area contributed by atoms with Crippen molar-refractivity contribution in [1.82, 2.24) is 15.4 Å². The number of nitriles is 3. The van der Waals surface area contributed by atoms with E-state index in [-0.39, 0.29) is 79.2 Å². The average molecular weight is 1140 g/mol. The van der Waals surface area contributed by atoms with Crippen molar-refractivity contribution in [2.45, 2.75) is 210 Å². The molecule has 2 heterocycles. The zero-order chi connectivity index (χ0) is 61.8. The molecule has 448 valence electrons. The molecule has 0 bridgehead atoms. The first-order chi connectivity index (χ1) is 39.2. The highest BCUT2D eigenvalue weighted by atomic mass is 16.7. The smallest absolute Gasteiger partial charge is 0.303 e. The maximum atomic E-state index is 11.7. The van der Waals surface area contributed by atoms with Crippen molar-refractivity contribution in [3.8, 4) is 18.2 Å². The number of carboxylic acid groups (broad SMARTS) is 1. The molecule has 0 aromatic heterocycles. The summed E-state index contributed by atoms with van der Waals surface area (Å²) in [7, 11) is 0. The number of hydrogen-bond acceptors (Lipinski definition) is 15. The van der Waals surface area contributed by atoms with Gasteiger partial charge in [0, 0.05) is 47.5 Å². The molecule has 2 saturated heterocycles. The Kier molecular flexibility index (Phi) is 28.1. The average Bonchev–Trinajstić information content (AvgIpc) is 3.60. The van der Waals surface area contributed by atoms with Gasteiger partial charge in [-0.15, -0.1) is 0 Å². The van der Waals surface area contributed by atoms with Crippen molar-refractivity contribution in [2.75, 3.05) is 13.2 Å². The number of rotatable bonds is 25. The molecule has 6 rings (SSSR count). The van der Waals surface area contributed by atoms with E-state index < -0.39 is 22.6 Å². The van der Waals surface area contributed by atoms with Crippen molar-refractivity contribution in [2.24, 2.45) is 10.2 Å². The van der Waals surface area contributed by atoms with Gasteiger partial charge >= 0.3 is 5.97 Å². The topological polar surface area (TPSA) is 237 Å². The number of ether oxygens (including phenoxy) is 2. The lowest BCUT2D eigenvalue weighted by molar-refractivity contribution is -0.308. The van der Waals surface area contributed by atoms with Crippen LogP contribution in [-0.2, 0) is 28.7 Å². The lowest BCUT2D eigenvalue weighted by Crippen LogP contribution is -2.58. The van der Waals surface area contributed by atoms with Crippen molar-refractivity contribution in [1.29, 1.82) is 15.8 Å². The van der Waals surface area contributed by atoms with Crippen LogP contribution < -0.4 is 5.32 Å². The van der Waals surface area contributed by atoms with E-state index in [9.17, 15) is 24.9 Å². The molecule has 0 saturated carbocycles. The van der Waals surface area contributed by atoms with E-state index in [1.54, 1.807) is 0 Å². The number of hydrogen-bond donors (Lipinski definition) is 2. The summed E-state index contributed by atoms with van der Waals surface area (Å²) in [6.45, 7) is 26.6. The standard InChI is InChI=1S/C38H49N3O3.C12H16N4O4.C9H18NO.C8H8/c1-36(2)22-15-23-37(3,4)41(36)44-35(32-20-13-8-14-21-32)27-33(30-16-9-6-10-17-30)26-34(31-18-11-7-12-19-31)40-38(5,28-39)24-25-43-29-42;1-11(7-13,4-3-10(18)19)15-16-12(2,8-14)5-6-20-9-17;1-8(2)6-5-7-9(3,4)10(8)11;1-2-8-6-4-3-5-7-8/h6-14,16-21,29,33-35,40H,15,22-27H2,1-5H3;9H,3-6H2,1-2H3,(H,18,19);5-7H2,1-4H3;2-7H,1H2/q;;-1;. The molecule has 0 spiro atoms. The predicted molar refractivity (Wildman–Crippen MR) is 326 cm³/mol. The number of piperidine rings is 2. The number of carboxylic acids is 1. The monoisotopic (exact) mass is 1140 g/mol. The van der Waals surface area contributed by atoms with Crippen molar-refractivity contribution >= 4 is 25.0 Å². The highest BCUT2D eigenvalue weighted by Crippen LogP contribution is 2.44. The van der Waals surface area contributed by atoms with Crippen molar-refractivity contribution < 1.29 is 33.8 Å². The van der Waals surface area contributed by atoms with Crippen LogP contribution in [0.25, 0.3) is 6.08 Å². The van der Waals surface area contributed by atoms with Gasteiger partial charge < -0.3 is 24.9 Å². The molecule has 2 aliphatic heterocycles. The second-order valence-corrected chi connectivity index (χ2v) is 24.6. The first kappa shape index (κ1) is 70.2. The third-order valence-electron chi connectivity index (χ3n) is 15.4. The molecule has 6 atom stereocenters. The molecule has 2 aliphatic rings. The van der Waals surface area contributed by atoms with Crippen LogP contribution in [0.4, 0.5) is 0 Å². The van der Waals surface area contributed by atoms with Gasteiger partial charge in [0.25, 0.3) is 12.9 Å². The van der Waals surface area contributed by atoms with Crippen LogP contribution in [0.1, 0.15) is 194 Å². The van der Waals surface area contributed by atoms with Gasteiger partial charge in [-0.3, -0.25) is 24.5 Å². The minimum atomic E-state index is -1.30. The molecule has 83 heavy (non-hydrogen) atoms. The number of nitrogens with one attached hydrogen (secondary N) is 1. The molecular weight excluding hydrogens is 1040 g/mol. The summed E-state index contributed by atoms with van der Waals surface area (Å²) in [4.78, 5) is 38.5. The van der Waals surface area contributed by atoms with Gasteiger partial charge in [-0.05, 0) is 162 Å². The highest BCUT2D eigenvalue weighted by Gasteiger charge is 2.44. The van der Waals surface area contributed by atoms with Gasteiger partial charge in [0.15, 0.2) is 11.1 Å². The lowest BCUT2D eigenvalue weighted by Gasteiger charge is -2.58. The second-order valence-electron chi connectivity index (χ2n) is 24.6. The zero-order valence-corrected chi connectivity index (χ0v) is 51.1.